The molecule has 244 valence electrons. The van der Waals surface area contributed by atoms with Gasteiger partial charge in [0.15, 0.2) is 5.78 Å². The summed E-state index contributed by atoms with van der Waals surface area (Å²) in [5.41, 5.74) is 16.2. The molecule has 8 N–H and O–H groups in total. The van der Waals surface area contributed by atoms with Crippen LogP contribution < -0.4 is 27.1 Å². The van der Waals surface area contributed by atoms with E-state index in [2.05, 4.69) is 33.1 Å². The molecule has 0 spiro atoms. The van der Waals surface area contributed by atoms with Gasteiger partial charge in [-0.3, -0.25) is 14.4 Å². The van der Waals surface area contributed by atoms with Crippen LogP contribution in [0.2, 0.25) is 0 Å². The summed E-state index contributed by atoms with van der Waals surface area (Å²) in [5.74, 6) is -2.07. The number of aromatic amines is 4. The third-order valence-electron chi connectivity index (χ3n) is 9.18. The van der Waals surface area contributed by atoms with Crippen LogP contribution in [0.3, 0.4) is 0 Å². The molecule has 10 nitrogen and oxygen atoms in total. The Bertz CT molecular complexity index is 2230. The van der Waals surface area contributed by atoms with E-state index in [1.54, 1.807) is 19.1 Å². The number of ketones is 1. The summed E-state index contributed by atoms with van der Waals surface area (Å²) in [6.45, 7) is 17.5. The molecule has 0 saturated heterocycles. The standard InChI is InChI=1S/C37H41N5O5/c1-8-22-20(6)35-34(37(47)21(7)38)36-23(9-2)17(3)28(41-36)14-26-18(4)24(10-12-32(43)44)30(39-26)16-31-25(11-13-33(45)46)19(5)27(40-31)15-29(22)42-35/h8-9,14-16,21,39-42H,1-2,10-13,38H2,3-7H3,(H,43,44)(H,45,46)/t21-/m0/s1. The first-order valence-corrected chi connectivity index (χ1v) is 15.5. The maximum Gasteiger partial charge on any atom is 0.303 e. The van der Waals surface area contributed by atoms with Crippen LogP contribution in [-0.4, -0.2) is 53.9 Å². The molecular weight excluding hydrogens is 594 g/mol. The van der Waals surface area contributed by atoms with E-state index in [4.69, 9.17) is 5.73 Å². The number of fused-ring (bicyclic) bond motifs is 8. The lowest BCUT2D eigenvalue weighted by atomic mass is 9.97. The maximum absolute atomic E-state index is 13.9. The fraction of sp³-hybridized carbons (Fsp3) is 0.270. The summed E-state index contributed by atoms with van der Waals surface area (Å²) in [6.07, 6.45) is 9.76. The second kappa shape index (κ2) is 12.8. The van der Waals surface area contributed by atoms with Gasteiger partial charge < -0.3 is 35.9 Å². The molecule has 47 heavy (non-hydrogen) atoms. The summed E-state index contributed by atoms with van der Waals surface area (Å²) in [7, 11) is 0. The summed E-state index contributed by atoms with van der Waals surface area (Å²) in [5, 5.41) is 21.9. The van der Waals surface area contributed by atoms with Crippen LogP contribution in [0.15, 0.2) is 13.2 Å². The van der Waals surface area contributed by atoms with Crippen molar-refractivity contribution in [2.45, 2.75) is 66.3 Å². The Hall–Kier alpha value is -5.35. The van der Waals surface area contributed by atoms with E-state index in [0.717, 1.165) is 71.9 Å². The Morgan fingerprint density at radius 3 is 1.89 bits per heavy atom. The summed E-state index contributed by atoms with van der Waals surface area (Å²) in [4.78, 5) is 51.2. The monoisotopic (exact) mass is 635 g/mol. The van der Waals surface area contributed by atoms with E-state index < -0.39 is 18.0 Å². The van der Waals surface area contributed by atoms with Crippen LogP contribution in [-0.2, 0) is 27.2 Å². The first-order valence-electron chi connectivity index (χ1n) is 15.5. The van der Waals surface area contributed by atoms with Crippen molar-refractivity contribution >= 4 is 53.7 Å². The highest BCUT2D eigenvalue weighted by Crippen LogP contribution is 2.27. The molecule has 0 saturated carbocycles. The molecule has 0 unspecified atom stereocenters. The molecular formula is C37H41N5O5. The minimum Gasteiger partial charge on any atom is -0.481 e. The highest BCUT2D eigenvalue weighted by atomic mass is 16.4. The number of nitrogens with two attached hydrogens (primary N) is 1. The zero-order chi connectivity index (χ0) is 34.3. The number of aromatic nitrogens is 4. The molecule has 1 atom stereocenters. The lowest BCUT2D eigenvalue weighted by Gasteiger charge is -2.10. The largest absolute Gasteiger partial charge is 0.481 e. The van der Waals surface area contributed by atoms with Gasteiger partial charge in [-0.2, -0.15) is 0 Å². The number of carboxylic acid groups (broad SMARTS) is 2. The maximum atomic E-state index is 13.9. The number of hydrogen-bond acceptors (Lipinski definition) is 4. The van der Waals surface area contributed by atoms with E-state index >= 15 is 0 Å². The van der Waals surface area contributed by atoms with Crippen LogP contribution in [0.4, 0.5) is 0 Å². The molecule has 0 amide bonds. The Morgan fingerprint density at radius 2 is 1.30 bits per heavy atom. The molecule has 1 aliphatic rings. The van der Waals surface area contributed by atoms with Crippen LogP contribution in [0, 0.1) is 27.7 Å². The van der Waals surface area contributed by atoms with Gasteiger partial charge in [0.2, 0.25) is 0 Å². The van der Waals surface area contributed by atoms with Crippen molar-refractivity contribution in [2.75, 3.05) is 0 Å². The van der Waals surface area contributed by atoms with E-state index in [9.17, 15) is 24.6 Å². The predicted molar refractivity (Wildman–Crippen MR) is 185 cm³/mol. The Kier molecular flexibility index (Phi) is 9.00. The van der Waals surface area contributed by atoms with Crippen molar-refractivity contribution in [3.8, 4) is 0 Å². The zero-order valence-electron chi connectivity index (χ0n) is 27.4. The molecule has 0 fully saturated rings. The van der Waals surface area contributed by atoms with Crippen molar-refractivity contribution in [2.24, 2.45) is 5.73 Å². The average Bonchev–Trinajstić information content (AvgIpc) is 3.68. The predicted octanol–water partition coefficient (Wildman–Crippen LogP) is 2.47. The first-order chi connectivity index (χ1) is 22.3. The lowest BCUT2D eigenvalue weighted by molar-refractivity contribution is -0.138. The van der Waals surface area contributed by atoms with Crippen LogP contribution in [0.25, 0.3) is 36.0 Å². The molecule has 5 heterocycles. The molecule has 0 aliphatic carbocycles. The minimum absolute atomic E-state index is 0.0593. The van der Waals surface area contributed by atoms with Gasteiger partial charge in [0.1, 0.15) is 0 Å². The molecule has 10 heteroatoms. The van der Waals surface area contributed by atoms with E-state index in [-0.39, 0.29) is 18.6 Å². The third kappa shape index (κ3) is 5.99. The number of carbonyl (C=O) groups is 3. The van der Waals surface area contributed by atoms with Gasteiger partial charge in [0.25, 0.3) is 0 Å². The van der Waals surface area contributed by atoms with E-state index in [0.29, 0.717) is 35.2 Å². The molecule has 8 bridgehead atoms. The fourth-order valence-corrected chi connectivity index (χ4v) is 6.52. The zero-order valence-corrected chi connectivity index (χ0v) is 27.4. The highest BCUT2D eigenvalue weighted by molar-refractivity contribution is 6.22. The smallest absolute Gasteiger partial charge is 0.303 e. The number of Topliss-reactive ketones (excluding diaryl/α,β-unsaturated/α-hetero) is 1. The molecule has 0 aromatic carbocycles. The highest BCUT2D eigenvalue weighted by Gasteiger charge is 2.25. The average molecular weight is 636 g/mol. The van der Waals surface area contributed by atoms with Gasteiger partial charge in [-0.1, -0.05) is 25.3 Å². The summed E-state index contributed by atoms with van der Waals surface area (Å²) >= 11 is 0. The number of carbonyl (C=O) groups excluding carboxylic acids is 1. The number of rotatable bonds is 10. The number of hydrogen-bond donors (Lipinski definition) is 7. The van der Waals surface area contributed by atoms with Crippen molar-refractivity contribution in [3.05, 3.63) is 102 Å². The van der Waals surface area contributed by atoms with Crippen LogP contribution >= 0.6 is 0 Å². The Balaban J connectivity index is 2.01. The minimum atomic E-state index is -0.907. The van der Waals surface area contributed by atoms with Gasteiger partial charge in [0.05, 0.1) is 22.7 Å². The van der Waals surface area contributed by atoms with Gasteiger partial charge in [-0.05, 0) is 99.1 Å². The lowest BCUT2D eigenvalue weighted by Crippen LogP contribution is -2.32. The van der Waals surface area contributed by atoms with Crippen molar-refractivity contribution < 1.29 is 24.6 Å². The molecule has 4 aromatic rings. The van der Waals surface area contributed by atoms with Gasteiger partial charge in [0, 0.05) is 57.1 Å². The summed E-state index contributed by atoms with van der Waals surface area (Å²) in [6, 6.07) is -0.794. The van der Waals surface area contributed by atoms with Crippen molar-refractivity contribution in [1.82, 2.24) is 19.9 Å². The normalized spacial score (nSPS) is 12.9. The molecule has 0 radical (unpaired) electrons. The summed E-state index contributed by atoms with van der Waals surface area (Å²) < 4.78 is 0. The van der Waals surface area contributed by atoms with Crippen molar-refractivity contribution in [1.29, 1.82) is 0 Å². The fourth-order valence-electron chi connectivity index (χ4n) is 6.52. The molecule has 4 aromatic heterocycles. The van der Waals surface area contributed by atoms with E-state index in [1.165, 1.54) is 0 Å². The Labute approximate surface area is 271 Å². The Morgan fingerprint density at radius 1 is 0.723 bits per heavy atom. The van der Waals surface area contributed by atoms with Crippen molar-refractivity contribution in [3.63, 3.8) is 0 Å². The quantitative estimate of drug-likeness (QED) is 0.141. The second-order valence-electron chi connectivity index (χ2n) is 12.2. The second-order valence-corrected chi connectivity index (χ2v) is 12.2. The van der Waals surface area contributed by atoms with Gasteiger partial charge in [-0.25, -0.2) is 0 Å². The van der Waals surface area contributed by atoms with Gasteiger partial charge in [-0.15, -0.1) is 0 Å². The number of carboxylic acids is 2. The third-order valence-corrected chi connectivity index (χ3v) is 9.18. The molecule has 5 rings (SSSR count). The SMILES string of the molecule is C=Cc1c2[nH]c(c1C)C(C(=O)[C@H](C)N)=c1[nH]c(c(C)c1C=C)=Cc1[nH]c(c(CCC(=O)O)c1C)C=c1[nH]c(c(C)c1CCC(=O)O)=C2. The van der Waals surface area contributed by atoms with Crippen LogP contribution in [0.5, 0.6) is 0 Å². The number of aliphatic carboxylic acids is 2. The number of nitrogens with one attached hydrogen (secondary N) is 4. The topological polar surface area (TPSA) is 181 Å². The van der Waals surface area contributed by atoms with E-state index in [1.807, 2.05) is 45.9 Å². The molecule has 1 aliphatic heterocycles. The van der Waals surface area contributed by atoms with Crippen LogP contribution in [0.1, 0.15) is 87.0 Å². The van der Waals surface area contributed by atoms with Gasteiger partial charge >= 0.3 is 11.9 Å². The number of H-pyrrole nitrogens is 4. The first kappa shape index (κ1) is 33.0.